The summed E-state index contributed by atoms with van der Waals surface area (Å²) in [5.41, 5.74) is 10.7. The van der Waals surface area contributed by atoms with Gasteiger partial charge in [0.2, 0.25) is 0 Å². The van der Waals surface area contributed by atoms with Crippen molar-refractivity contribution in [1.29, 1.82) is 0 Å². The van der Waals surface area contributed by atoms with Crippen LogP contribution in [0.1, 0.15) is 65.8 Å². The average molecular weight is 586 g/mol. The fraction of sp³-hybridized carbons (Fsp3) is 0.290. The number of carbonyl (C=O) groups is 2. The number of ether oxygens (including phenoxy) is 1. The first-order valence-corrected chi connectivity index (χ1v) is 14.8. The van der Waals surface area contributed by atoms with Crippen molar-refractivity contribution in [1.82, 2.24) is 19.9 Å². The first-order valence-electron chi connectivity index (χ1n) is 13.9. The second-order valence-electron chi connectivity index (χ2n) is 10.5. The molecule has 1 saturated carbocycles. The van der Waals surface area contributed by atoms with E-state index in [2.05, 4.69) is 14.9 Å². The monoisotopic (exact) mass is 585 g/mol. The lowest BCUT2D eigenvalue weighted by Crippen LogP contribution is -2.30. The summed E-state index contributed by atoms with van der Waals surface area (Å²) < 4.78 is 12.9. The van der Waals surface area contributed by atoms with E-state index in [0.717, 1.165) is 40.8 Å². The molecule has 1 amide bonds. The minimum Gasteiger partial charge on any atom is -0.482 e. The van der Waals surface area contributed by atoms with Crippen molar-refractivity contribution in [3.05, 3.63) is 83.3 Å². The maximum atomic E-state index is 13.6. The standard InChI is InChI=1S/C31H31N5O5S/c32-31-35-26(18-42-31)24(14-19-6-9-23(10-7-19)41-17-28(37)38)34-30(39)20-8-11-27-25(15-20)33-29(21-12-13-40-16-21)36(27)22-4-2-1-3-5-22/h6-13,15-16,18,22,24H,1-5,14,17H2,(H2,32,35)(H,34,39)(H,37,38)/t24-/m0/s1. The maximum Gasteiger partial charge on any atom is 0.341 e. The number of furan rings is 1. The first kappa shape index (κ1) is 27.5. The van der Waals surface area contributed by atoms with Crippen LogP contribution in [0.2, 0.25) is 0 Å². The number of thiazole rings is 1. The van der Waals surface area contributed by atoms with Gasteiger partial charge in [0.15, 0.2) is 11.7 Å². The predicted molar refractivity (Wildman–Crippen MR) is 160 cm³/mol. The number of carboxylic acid groups (broad SMARTS) is 1. The molecule has 1 aliphatic rings. The minimum absolute atomic E-state index is 0.244. The number of benzene rings is 2. The predicted octanol–water partition coefficient (Wildman–Crippen LogP) is 6.02. The van der Waals surface area contributed by atoms with E-state index in [4.69, 9.17) is 25.0 Å². The summed E-state index contributed by atoms with van der Waals surface area (Å²) in [7, 11) is 0. The lowest BCUT2D eigenvalue weighted by Gasteiger charge is -2.25. The van der Waals surface area contributed by atoms with E-state index in [1.807, 2.05) is 41.8 Å². The van der Waals surface area contributed by atoms with Crippen LogP contribution in [0.3, 0.4) is 0 Å². The van der Waals surface area contributed by atoms with Gasteiger partial charge in [-0.25, -0.2) is 14.8 Å². The molecule has 0 aliphatic heterocycles. The fourth-order valence-corrected chi connectivity index (χ4v) is 6.20. The zero-order valence-corrected chi connectivity index (χ0v) is 23.7. The number of amides is 1. The molecule has 0 spiro atoms. The Labute approximate surface area is 246 Å². The molecular formula is C31H31N5O5S. The van der Waals surface area contributed by atoms with Gasteiger partial charge in [0.1, 0.15) is 17.8 Å². The topological polar surface area (TPSA) is 146 Å². The number of hydrogen-bond donors (Lipinski definition) is 3. The zero-order valence-electron chi connectivity index (χ0n) is 22.9. The van der Waals surface area contributed by atoms with Crippen LogP contribution in [0.25, 0.3) is 22.4 Å². The highest BCUT2D eigenvalue weighted by Gasteiger charge is 2.24. The number of nitrogen functional groups attached to an aromatic ring is 1. The van der Waals surface area contributed by atoms with E-state index in [9.17, 15) is 9.59 Å². The molecule has 216 valence electrons. The molecular weight excluding hydrogens is 554 g/mol. The van der Waals surface area contributed by atoms with Crippen molar-refractivity contribution in [2.45, 2.75) is 50.6 Å². The lowest BCUT2D eigenvalue weighted by atomic mass is 9.95. The molecule has 42 heavy (non-hydrogen) atoms. The van der Waals surface area contributed by atoms with Crippen LogP contribution in [-0.4, -0.2) is 38.1 Å². The molecule has 11 heteroatoms. The third-order valence-electron chi connectivity index (χ3n) is 7.60. The van der Waals surface area contributed by atoms with Crippen molar-refractivity contribution in [3.63, 3.8) is 0 Å². The SMILES string of the molecule is Nc1nc([C@H](Cc2ccc(OCC(=O)O)cc2)NC(=O)c2ccc3c(c2)nc(-c2ccoc2)n3C2CCCCC2)cs1. The lowest BCUT2D eigenvalue weighted by molar-refractivity contribution is -0.139. The van der Waals surface area contributed by atoms with Crippen LogP contribution in [0.5, 0.6) is 5.75 Å². The Morgan fingerprint density at radius 2 is 1.93 bits per heavy atom. The number of aliphatic carboxylic acids is 1. The summed E-state index contributed by atoms with van der Waals surface area (Å²) in [5.74, 6) is 0.0248. The molecule has 3 aromatic heterocycles. The van der Waals surface area contributed by atoms with Crippen LogP contribution in [0, 0.1) is 0 Å². The number of carbonyl (C=O) groups excluding carboxylic acids is 1. The van der Waals surface area contributed by atoms with E-state index in [1.54, 1.807) is 24.7 Å². The summed E-state index contributed by atoms with van der Waals surface area (Å²) in [5, 5.41) is 14.2. The number of imidazole rings is 1. The van der Waals surface area contributed by atoms with Crippen molar-refractivity contribution < 1.29 is 23.8 Å². The van der Waals surface area contributed by atoms with Gasteiger partial charge in [-0.15, -0.1) is 11.3 Å². The normalized spacial score (nSPS) is 14.6. The molecule has 6 rings (SSSR count). The maximum absolute atomic E-state index is 13.6. The summed E-state index contributed by atoms with van der Waals surface area (Å²) in [6.07, 6.45) is 9.66. The number of aromatic nitrogens is 3. The highest BCUT2D eigenvalue weighted by Crippen LogP contribution is 2.36. The van der Waals surface area contributed by atoms with Gasteiger partial charge in [-0.05, 0) is 61.2 Å². The molecule has 3 heterocycles. The van der Waals surface area contributed by atoms with Gasteiger partial charge in [0.25, 0.3) is 5.91 Å². The van der Waals surface area contributed by atoms with Crippen LogP contribution >= 0.6 is 11.3 Å². The number of nitrogens with zero attached hydrogens (tertiary/aromatic N) is 3. The third-order valence-corrected chi connectivity index (χ3v) is 8.29. The van der Waals surface area contributed by atoms with Crippen molar-refractivity contribution in [2.24, 2.45) is 0 Å². The number of hydrogen-bond acceptors (Lipinski definition) is 8. The smallest absolute Gasteiger partial charge is 0.341 e. The second kappa shape index (κ2) is 12.1. The Hall–Kier alpha value is -4.64. The molecule has 0 unspecified atom stereocenters. The number of anilines is 1. The highest BCUT2D eigenvalue weighted by molar-refractivity contribution is 7.13. The van der Waals surface area contributed by atoms with Gasteiger partial charge in [-0.3, -0.25) is 4.79 Å². The van der Waals surface area contributed by atoms with E-state index < -0.39 is 18.6 Å². The molecule has 1 atom stereocenters. The van der Waals surface area contributed by atoms with Gasteiger partial charge in [-0.2, -0.15) is 0 Å². The third kappa shape index (κ3) is 6.01. The van der Waals surface area contributed by atoms with Gasteiger partial charge in [0.05, 0.1) is 34.6 Å². The quantitative estimate of drug-likeness (QED) is 0.180. The van der Waals surface area contributed by atoms with Crippen molar-refractivity contribution in [3.8, 4) is 17.1 Å². The number of carboxylic acids is 1. The van der Waals surface area contributed by atoms with Crippen LogP contribution in [-0.2, 0) is 11.2 Å². The van der Waals surface area contributed by atoms with Crippen LogP contribution in [0.15, 0.2) is 70.9 Å². The van der Waals surface area contributed by atoms with Gasteiger partial charge >= 0.3 is 5.97 Å². The van der Waals surface area contributed by atoms with Gasteiger partial charge in [-0.1, -0.05) is 31.4 Å². The van der Waals surface area contributed by atoms with Crippen molar-refractivity contribution >= 4 is 39.4 Å². The molecule has 0 saturated heterocycles. The molecule has 2 aromatic carbocycles. The summed E-state index contributed by atoms with van der Waals surface area (Å²) in [4.78, 5) is 33.8. The minimum atomic E-state index is -1.04. The molecule has 0 radical (unpaired) electrons. The fourth-order valence-electron chi connectivity index (χ4n) is 5.58. The molecule has 5 aromatic rings. The zero-order chi connectivity index (χ0) is 29.1. The Morgan fingerprint density at radius 1 is 1.12 bits per heavy atom. The van der Waals surface area contributed by atoms with Gasteiger partial charge < -0.3 is 29.9 Å². The molecule has 10 nitrogen and oxygen atoms in total. The van der Waals surface area contributed by atoms with Crippen molar-refractivity contribution in [2.75, 3.05) is 12.3 Å². The Kier molecular flexibility index (Phi) is 7.91. The average Bonchev–Trinajstić information content (AvgIpc) is 3.76. The van der Waals surface area contributed by atoms with E-state index in [0.29, 0.717) is 34.6 Å². The second-order valence-corrected chi connectivity index (χ2v) is 11.4. The molecule has 1 aliphatic carbocycles. The van der Waals surface area contributed by atoms with Crippen LogP contribution < -0.4 is 15.8 Å². The summed E-state index contributed by atoms with van der Waals surface area (Å²) >= 11 is 1.32. The number of rotatable bonds is 10. The molecule has 4 N–H and O–H groups in total. The highest BCUT2D eigenvalue weighted by atomic mass is 32.1. The number of nitrogens with two attached hydrogens (primary N) is 1. The summed E-state index contributed by atoms with van der Waals surface area (Å²) in [6, 6.07) is 14.6. The number of fused-ring (bicyclic) bond motifs is 1. The largest absolute Gasteiger partial charge is 0.482 e. The molecule has 0 bridgehead atoms. The van der Waals surface area contributed by atoms with E-state index >= 15 is 0 Å². The first-order chi connectivity index (χ1) is 20.4. The van der Waals surface area contributed by atoms with E-state index in [-0.39, 0.29) is 5.91 Å². The Bertz CT molecular complexity index is 1690. The molecule has 1 fully saturated rings. The summed E-state index contributed by atoms with van der Waals surface area (Å²) in [6.45, 7) is -0.414. The Balaban J connectivity index is 1.26. The Morgan fingerprint density at radius 3 is 2.62 bits per heavy atom. The van der Waals surface area contributed by atoms with Gasteiger partial charge in [0, 0.05) is 17.0 Å². The number of nitrogens with one attached hydrogen (secondary N) is 1. The van der Waals surface area contributed by atoms with E-state index in [1.165, 1.54) is 30.6 Å². The van der Waals surface area contributed by atoms with Crippen LogP contribution in [0.4, 0.5) is 5.13 Å².